The van der Waals surface area contributed by atoms with Crippen LogP contribution < -0.4 is 5.32 Å². The van der Waals surface area contributed by atoms with Gasteiger partial charge in [0.1, 0.15) is 5.82 Å². The Bertz CT molecular complexity index is 656. The Labute approximate surface area is 131 Å². The lowest BCUT2D eigenvalue weighted by Crippen LogP contribution is -2.06. The fourth-order valence-corrected chi connectivity index (χ4v) is 2.33. The highest BCUT2D eigenvalue weighted by atomic mass is 35.5. The van der Waals surface area contributed by atoms with Crippen LogP contribution in [-0.2, 0) is 11.3 Å². The zero-order valence-electron chi connectivity index (χ0n) is 11.1. The van der Waals surface area contributed by atoms with E-state index in [0.29, 0.717) is 27.8 Å². The normalized spacial score (nSPS) is 10.3. The molecule has 2 rings (SSSR count). The molecular formula is C15H12Cl2FNO2. The van der Waals surface area contributed by atoms with Crippen molar-refractivity contribution < 1.29 is 13.9 Å². The van der Waals surface area contributed by atoms with Gasteiger partial charge in [0.05, 0.1) is 28.4 Å². The van der Waals surface area contributed by atoms with Gasteiger partial charge in [0.2, 0.25) is 0 Å². The molecule has 6 heteroatoms. The molecule has 0 bridgehead atoms. The second kappa shape index (κ2) is 6.78. The van der Waals surface area contributed by atoms with Crippen molar-refractivity contribution in [2.24, 2.45) is 0 Å². The van der Waals surface area contributed by atoms with Gasteiger partial charge in [-0.05, 0) is 29.8 Å². The van der Waals surface area contributed by atoms with Gasteiger partial charge < -0.3 is 10.1 Å². The summed E-state index contributed by atoms with van der Waals surface area (Å²) in [5, 5.41) is 4.00. The monoisotopic (exact) mass is 327 g/mol. The first-order chi connectivity index (χ1) is 10.0. The number of esters is 1. The second-order valence-corrected chi connectivity index (χ2v) is 5.07. The van der Waals surface area contributed by atoms with Gasteiger partial charge >= 0.3 is 5.97 Å². The van der Waals surface area contributed by atoms with Crippen LogP contribution in [0.5, 0.6) is 0 Å². The molecule has 21 heavy (non-hydrogen) atoms. The number of benzene rings is 2. The average molecular weight is 328 g/mol. The third-order valence-corrected chi connectivity index (χ3v) is 3.50. The number of para-hydroxylation sites is 1. The number of nitrogens with one attached hydrogen (secondary N) is 1. The Morgan fingerprint density at radius 3 is 2.48 bits per heavy atom. The summed E-state index contributed by atoms with van der Waals surface area (Å²) in [5.41, 5.74) is 1.13. The molecule has 0 aromatic heterocycles. The number of hydrogen-bond acceptors (Lipinski definition) is 3. The molecule has 1 N–H and O–H groups in total. The molecule has 2 aromatic rings. The molecule has 3 nitrogen and oxygen atoms in total. The largest absolute Gasteiger partial charge is 0.465 e. The lowest BCUT2D eigenvalue weighted by molar-refractivity contribution is 0.0595. The van der Waals surface area contributed by atoms with E-state index in [-0.39, 0.29) is 5.56 Å². The van der Waals surface area contributed by atoms with Crippen LogP contribution in [0, 0.1) is 5.82 Å². The molecule has 0 heterocycles. The van der Waals surface area contributed by atoms with E-state index in [0.717, 1.165) is 0 Å². The first kappa shape index (κ1) is 15.6. The number of halogens is 3. The number of methoxy groups -OCH3 is 1. The van der Waals surface area contributed by atoms with E-state index in [9.17, 15) is 9.18 Å². The van der Waals surface area contributed by atoms with Crippen LogP contribution in [0.4, 0.5) is 10.1 Å². The number of carbonyl (C=O) groups excluding carboxylic acids is 1. The van der Waals surface area contributed by atoms with Crippen molar-refractivity contribution in [1.29, 1.82) is 0 Å². The van der Waals surface area contributed by atoms with E-state index in [1.54, 1.807) is 24.3 Å². The van der Waals surface area contributed by atoms with Gasteiger partial charge in [0, 0.05) is 6.54 Å². The van der Waals surface area contributed by atoms with Gasteiger partial charge in [0.15, 0.2) is 0 Å². The van der Waals surface area contributed by atoms with Crippen molar-refractivity contribution in [3.05, 3.63) is 63.4 Å². The Morgan fingerprint density at radius 2 is 1.90 bits per heavy atom. The standard InChI is InChI=1S/C15H12Cl2FNO2/c1-21-15(20)10-6-5-9(7-13(10)18)8-19-14-11(16)3-2-4-12(14)17/h2-7,19H,8H2,1H3. The van der Waals surface area contributed by atoms with E-state index in [2.05, 4.69) is 10.1 Å². The van der Waals surface area contributed by atoms with E-state index in [1.807, 2.05) is 0 Å². The highest BCUT2D eigenvalue weighted by Gasteiger charge is 2.12. The number of hydrogen-bond donors (Lipinski definition) is 1. The van der Waals surface area contributed by atoms with E-state index < -0.39 is 11.8 Å². The maximum absolute atomic E-state index is 13.8. The molecule has 0 spiro atoms. The molecule has 0 unspecified atom stereocenters. The summed E-state index contributed by atoms with van der Waals surface area (Å²) in [6, 6.07) is 9.43. The van der Waals surface area contributed by atoms with Crippen LogP contribution in [0.2, 0.25) is 10.0 Å². The molecule has 0 aliphatic carbocycles. The maximum Gasteiger partial charge on any atom is 0.340 e. The molecule has 0 fully saturated rings. The van der Waals surface area contributed by atoms with Gasteiger partial charge in [-0.1, -0.05) is 35.3 Å². The fraction of sp³-hybridized carbons (Fsp3) is 0.133. The Hall–Kier alpha value is -1.78. The Balaban J connectivity index is 2.14. The minimum absolute atomic E-state index is 0.1000. The van der Waals surface area contributed by atoms with Crippen molar-refractivity contribution in [3.63, 3.8) is 0 Å². The quantitative estimate of drug-likeness (QED) is 0.838. The minimum Gasteiger partial charge on any atom is -0.465 e. The third kappa shape index (κ3) is 3.65. The van der Waals surface area contributed by atoms with Gasteiger partial charge in [-0.25, -0.2) is 9.18 Å². The maximum atomic E-state index is 13.8. The molecule has 110 valence electrons. The van der Waals surface area contributed by atoms with Gasteiger partial charge in [-0.15, -0.1) is 0 Å². The second-order valence-electron chi connectivity index (χ2n) is 4.26. The van der Waals surface area contributed by atoms with Crippen LogP contribution in [0.25, 0.3) is 0 Å². The molecule has 0 aliphatic rings. The van der Waals surface area contributed by atoms with Crippen molar-refractivity contribution in [2.75, 3.05) is 12.4 Å². The Morgan fingerprint density at radius 1 is 1.24 bits per heavy atom. The predicted octanol–water partition coefficient (Wildman–Crippen LogP) is 4.53. The minimum atomic E-state index is -0.707. The first-order valence-corrected chi connectivity index (χ1v) is 6.83. The molecule has 0 saturated carbocycles. The number of anilines is 1. The molecular weight excluding hydrogens is 316 g/mol. The zero-order chi connectivity index (χ0) is 15.4. The van der Waals surface area contributed by atoms with Crippen molar-refractivity contribution >= 4 is 34.9 Å². The smallest absolute Gasteiger partial charge is 0.340 e. The topological polar surface area (TPSA) is 38.3 Å². The summed E-state index contributed by atoms with van der Waals surface area (Å²) >= 11 is 12.1. The van der Waals surface area contributed by atoms with Crippen molar-refractivity contribution in [2.45, 2.75) is 6.54 Å². The number of rotatable bonds is 4. The summed E-state index contributed by atoms with van der Waals surface area (Å²) in [4.78, 5) is 11.3. The van der Waals surface area contributed by atoms with E-state index in [1.165, 1.54) is 19.2 Å². The van der Waals surface area contributed by atoms with Gasteiger partial charge in [-0.3, -0.25) is 0 Å². The van der Waals surface area contributed by atoms with Gasteiger partial charge in [0.25, 0.3) is 0 Å². The summed E-state index contributed by atoms with van der Waals surface area (Å²) in [5.74, 6) is -1.34. The number of ether oxygens (including phenoxy) is 1. The van der Waals surface area contributed by atoms with Crippen molar-refractivity contribution in [1.82, 2.24) is 0 Å². The molecule has 2 aromatic carbocycles. The predicted molar refractivity (Wildman–Crippen MR) is 81.5 cm³/mol. The van der Waals surface area contributed by atoms with E-state index in [4.69, 9.17) is 23.2 Å². The lowest BCUT2D eigenvalue weighted by Gasteiger charge is -2.11. The Kier molecular flexibility index (Phi) is 5.04. The summed E-state index contributed by atoms with van der Waals surface area (Å²) in [6.07, 6.45) is 0. The van der Waals surface area contributed by atoms with E-state index >= 15 is 0 Å². The SMILES string of the molecule is COC(=O)c1ccc(CNc2c(Cl)cccc2Cl)cc1F. The number of carbonyl (C=O) groups is 1. The van der Waals surface area contributed by atoms with Crippen LogP contribution in [0.3, 0.4) is 0 Å². The van der Waals surface area contributed by atoms with Crippen LogP contribution >= 0.6 is 23.2 Å². The first-order valence-electron chi connectivity index (χ1n) is 6.07. The zero-order valence-corrected chi connectivity index (χ0v) is 12.6. The highest BCUT2D eigenvalue weighted by molar-refractivity contribution is 6.39. The molecule has 0 radical (unpaired) electrons. The van der Waals surface area contributed by atoms with Crippen LogP contribution in [0.15, 0.2) is 36.4 Å². The van der Waals surface area contributed by atoms with Crippen LogP contribution in [-0.4, -0.2) is 13.1 Å². The summed E-state index contributed by atoms with van der Waals surface area (Å²) in [6.45, 7) is 0.321. The molecule has 0 amide bonds. The molecule has 0 aliphatic heterocycles. The molecule has 0 saturated heterocycles. The third-order valence-electron chi connectivity index (χ3n) is 2.87. The van der Waals surface area contributed by atoms with Crippen molar-refractivity contribution in [3.8, 4) is 0 Å². The van der Waals surface area contributed by atoms with Gasteiger partial charge in [-0.2, -0.15) is 0 Å². The summed E-state index contributed by atoms with van der Waals surface area (Å²) < 4.78 is 18.3. The highest BCUT2D eigenvalue weighted by Crippen LogP contribution is 2.30. The molecule has 0 atom stereocenters. The average Bonchev–Trinajstić information content (AvgIpc) is 2.46. The fourth-order valence-electron chi connectivity index (χ4n) is 1.80. The summed E-state index contributed by atoms with van der Waals surface area (Å²) in [7, 11) is 1.21. The van der Waals surface area contributed by atoms with Crippen LogP contribution in [0.1, 0.15) is 15.9 Å². The lowest BCUT2D eigenvalue weighted by atomic mass is 10.1.